The predicted octanol–water partition coefficient (Wildman–Crippen LogP) is 3.37. The van der Waals surface area contributed by atoms with E-state index in [-0.39, 0.29) is 24.1 Å². The van der Waals surface area contributed by atoms with Crippen LogP contribution in [0.5, 0.6) is 5.88 Å². The molecule has 4 rings (SSSR count). The summed E-state index contributed by atoms with van der Waals surface area (Å²) in [6, 6.07) is 10.5. The second-order valence-corrected chi connectivity index (χ2v) is 9.09. The van der Waals surface area contributed by atoms with Crippen LogP contribution in [-0.4, -0.2) is 60.5 Å². The zero-order valence-electron chi connectivity index (χ0n) is 19.5. The number of pyridine rings is 1. The maximum Gasteiger partial charge on any atom is 0.416 e. The summed E-state index contributed by atoms with van der Waals surface area (Å²) in [6.45, 7) is 1.21. The number of alkyl halides is 3. The van der Waals surface area contributed by atoms with Crippen LogP contribution in [0.1, 0.15) is 53.2 Å². The van der Waals surface area contributed by atoms with E-state index in [2.05, 4.69) is 26.6 Å². The van der Waals surface area contributed by atoms with E-state index in [1.54, 1.807) is 7.11 Å². The Labute approximate surface area is 202 Å². The summed E-state index contributed by atoms with van der Waals surface area (Å²) in [5.41, 5.74) is 0.0314. The number of hydrogen-bond donors (Lipinski definition) is 2. The fourth-order valence-corrected chi connectivity index (χ4v) is 4.79. The molecule has 1 saturated carbocycles. The topological polar surface area (TPSA) is 83.6 Å². The number of aromatic nitrogens is 1. The number of rotatable bonds is 7. The molecule has 1 saturated heterocycles. The van der Waals surface area contributed by atoms with Gasteiger partial charge in [0.25, 0.3) is 5.91 Å². The van der Waals surface area contributed by atoms with Crippen LogP contribution in [0, 0.1) is 0 Å². The van der Waals surface area contributed by atoms with Crippen molar-refractivity contribution >= 4 is 11.8 Å². The molecule has 10 heteroatoms. The van der Waals surface area contributed by atoms with Gasteiger partial charge in [0.05, 0.1) is 25.3 Å². The van der Waals surface area contributed by atoms with Crippen LogP contribution in [0.2, 0.25) is 0 Å². The lowest BCUT2D eigenvalue weighted by atomic mass is 9.82. The molecule has 0 atom stereocenters. The molecule has 0 spiro atoms. The minimum Gasteiger partial charge on any atom is -0.481 e. The van der Waals surface area contributed by atoms with Crippen molar-refractivity contribution in [2.24, 2.45) is 0 Å². The van der Waals surface area contributed by atoms with Crippen LogP contribution in [0.4, 0.5) is 13.2 Å². The molecule has 2 heterocycles. The lowest BCUT2D eigenvalue weighted by Crippen LogP contribution is -2.63. The van der Waals surface area contributed by atoms with Gasteiger partial charge in [0, 0.05) is 42.4 Å². The van der Waals surface area contributed by atoms with Crippen molar-refractivity contribution in [1.29, 1.82) is 0 Å². The first-order valence-corrected chi connectivity index (χ1v) is 11.7. The molecule has 7 nitrogen and oxygen atoms in total. The summed E-state index contributed by atoms with van der Waals surface area (Å²) in [4.78, 5) is 31.3. The summed E-state index contributed by atoms with van der Waals surface area (Å²) in [6.07, 6.45) is -0.288. The fraction of sp³-hybridized carbons (Fsp3) is 0.480. The smallest absolute Gasteiger partial charge is 0.416 e. The molecule has 2 aromatic rings. The fourth-order valence-electron chi connectivity index (χ4n) is 4.79. The first kappa shape index (κ1) is 25.0. The van der Waals surface area contributed by atoms with E-state index in [9.17, 15) is 22.8 Å². The molecule has 2 N–H and O–H groups in total. The molecule has 1 aromatic carbocycles. The van der Waals surface area contributed by atoms with Crippen molar-refractivity contribution in [1.82, 2.24) is 20.5 Å². The third-order valence-electron chi connectivity index (χ3n) is 6.72. The maximum atomic E-state index is 12.8. The SMILES string of the molecule is COc1cccc(C2CCC(N3CC(NC(=O)CNC(=O)c4cccc(C(F)(F)F)c4)C3)CC2)n1. The van der Waals surface area contributed by atoms with E-state index in [0.717, 1.165) is 56.6 Å². The number of likely N-dealkylation sites (tertiary alicyclic amines) is 1. The van der Waals surface area contributed by atoms with Crippen molar-refractivity contribution in [3.63, 3.8) is 0 Å². The summed E-state index contributed by atoms with van der Waals surface area (Å²) in [5.74, 6) is -0.0120. The third-order valence-corrected chi connectivity index (χ3v) is 6.72. The molecule has 0 radical (unpaired) electrons. The quantitative estimate of drug-likeness (QED) is 0.622. The number of hydrogen-bond acceptors (Lipinski definition) is 5. The molecule has 1 aromatic heterocycles. The van der Waals surface area contributed by atoms with Gasteiger partial charge in [0.1, 0.15) is 0 Å². The van der Waals surface area contributed by atoms with Crippen molar-refractivity contribution < 1.29 is 27.5 Å². The number of amides is 2. The molecule has 35 heavy (non-hydrogen) atoms. The average molecular weight is 491 g/mol. The van der Waals surface area contributed by atoms with Gasteiger partial charge in [-0.05, 0) is 49.9 Å². The lowest BCUT2D eigenvalue weighted by molar-refractivity contribution is -0.137. The van der Waals surface area contributed by atoms with Gasteiger partial charge in [-0.2, -0.15) is 13.2 Å². The molecule has 188 valence electrons. The number of methoxy groups -OCH3 is 1. The zero-order valence-corrected chi connectivity index (χ0v) is 19.5. The van der Waals surface area contributed by atoms with Gasteiger partial charge in [0.15, 0.2) is 0 Å². The monoisotopic (exact) mass is 490 g/mol. The molecular weight excluding hydrogens is 461 g/mol. The molecule has 2 fully saturated rings. The van der Waals surface area contributed by atoms with Crippen molar-refractivity contribution in [2.75, 3.05) is 26.7 Å². The molecular formula is C25H29F3N4O3. The number of nitrogens with one attached hydrogen (secondary N) is 2. The first-order chi connectivity index (χ1) is 16.7. The summed E-state index contributed by atoms with van der Waals surface area (Å²) in [7, 11) is 1.62. The molecule has 2 aliphatic rings. The number of benzene rings is 1. The van der Waals surface area contributed by atoms with Gasteiger partial charge in [0.2, 0.25) is 11.8 Å². The minimum atomic E-state index is -4.53. The van der Waals surface area contributed by atoms with E-state index in [1.165, 1.54) is 12.1 Å². The van der Waals surface area contributed by atoms with E-state index in [4.69, 9.17) is 4.74 Å². The Hall–Kier alpha value is -3.14. The van der Waals surface area contributed by atoms with E-state index < -0.39 is 17.6 Å². The third kappa shape index (κ3) is 6.30. The van der Waals surface area contributed by atoms with Crippen molar-refractivity contribution in [3.8, 4) is 5.88 Å². The van der Waals surface area contributed by atoms with Gasteiger partial charge >= 0.3 is 6.18 Å². The summed E-state index contributed by atoms with van der Waals surface area (Å²) < 4.78 is 43.7. The largest absolute Gasteiger partial charge is 0.481 e. The minimum absolute atomic E-state index is 0.00531. The second-order valence-electron chi connectivity index (χ2n) is 9.09. The highest BCUT2D eigenvalue weighted by molar-refractivity contribution is 5.96. The first-order valence-electron chi connectivity index (χ1n) is 11.7. The van der Waals surface area contributed by atoms with Crippen LogP contribution in [0.3, 0.4) is 0 Å². The molecule has 1 aliphatic carbocycles. The Morgan fingerprint density at radius 1 is 1.09 bits per heavy atom. The Morgan fingerprint density at radius 2 is 1.80 bits per heavy atom. The van der Waals surface area contributed by atoms with Gasteiger partial charge < -0.3 is 15.4 Å². The average Bonchev–Trinajstić information content (AvgIpc) is 2.84. The number of nitrogens with zero attached hydrogens (tertiary/aromatic N) is 2. The van der Waals surface area contributed by atoms with Crippen LogP contribution in [0.25, 0.3) is 0 Å². The predicted molar refractivity (Wildman–Crippen MR) is 123 cm³/mol. The number of ether oxygens (including phenoxy) is 1. The van der Waals surface area contributed by atoms with Crippen LogP contribution in [-0.2, 0) is 11.0 Å². The number of carbonyl (C=O) groups is 2. The Morgan fingerprint density at radius 3 is 2.49 bits per heavy atom. The molecule has 0 unspecified atom stereocenters. The summed E-state index contributed by atoms with van der Waals surface area (Å²) in [5, 5.41) is 5.26. The van der Waals surface area contributed by atoms with Crippen LogP contribution in [0.15, 0.2) is 42.5 Å². The second kappa shape index (κ2) is 10.6. The van der Waals surface area contributed by atoms with Gasteiger partial charge in [-0.3, -0.25) is 14.5 Å². The Kier molecular flexibility index (Phi) is 7.59. The van der Waals surface area contributed by atoms with E-state index >= 15 is 0 Å². The number of halogens is 3. The van der Waals surface area contributed by atoms with Crippen molar-refractivity contribution in [3.05, 3.63) is 59.3 Å². The molecule has 1 aliphatic heterocycles. The highest BCUT2D eigenvalue weighted by atomic mass is 19.4. The van der Waals surface area contributed by atoms with Crippen LogP contribution >= 0.6 is 0 Å². The lowest BCUT2D eigenvalue weighted by Gasteiger charge is -2.46. The van der Waals surface area contributed by atoms with Crippen LogP contribution < -0.4 is 15.4 Å². The highest BCUT2D eigenvalue weighted by Crippen LogP contribution is 2.35. The van der Waals surface area contributed by atoms with Crippen molar-refractivity contribution in [2.45, 2.75) is 49.9 Å². The normalized spacial score (nSPS) is 21.1. The highest BCUT2D eigenvalue weighted by Gasteiger charge is 2.36. The van der Waals surface area contributed by atoms with E-state index in [1.807, 2.05) is 12.1 Å². The summed E-state index contributed by atoms with van der Waals surface area (Å²) >= 11 is 0. The van der Waals surface area contributed by atoms with Gasteiger partial charge in [-0.25, -0.2) is 4.98 Å². The van der Waals surface area contributed by atoms with Gasteiger partial charge in [-0.15, -0.1) is 0 Å². The number of carbonyl (C=O) groups excluding carboxylic acids is 2. The van der Waals surface area contributed by atoms with E-state index in [0.29, 0.717) is 17.8 Å². The zero-order chi connectivity index (χ0) is 25.0. The van der Waals surface area contributed by atoms with Gasteiger partial charge in [-0.1, -0.05) is 12.1 Å². The standard InChI is InChI=1S/C25H29F3N4O3/c1-35-23-7-3-6-21(31-23)16-8-10-20(11-9-16)32-14-19(15-32)30-22(33)13-29-24(34)17-4-2-5-18(12-17)25(26,27)28/h2-7,12,16,19-20H,8-11,13-15H2,1H3,(H,29,34)(H,30,33). The molecule has 0 bridgehead atoms. The Balaban J connectivity index is 1.16. The Bertz CT molecular complexity index is 1050. The molecule has 2 amide bonds. The maximum absolute atomic E-state index is 12.8.